The van der Waals surface area contributed by atoms with Gasteiger partial charge in [-0.25, -0.2) is 4.98 Å². The lowest BCUT2D eigenvalue weighted by Crippen LogP contribution is -2.29. The Labute approximate surface area is 114 Å². The zero-order valence-corrected chi connectivity index (χ0v) is 11.3. The van der Waals surface area contributed by atoms with Crippen LogP contribution in [0.25, 0.3) is 0 Å². The fourth-order valence-electron chi connectivity index (χ4n) is 2.70. The van der Waals surface area contributed by atoms with Crippen molar-refractivity contribution >= 4 is 11.8 Å². The van der Waals surface area contributed by atoms with Crippen LogP contribution in [0.3, 0.4) is 0 Å². The Morgan fingerprint density at radius 2 is 2.16 bits per heavy atom. The van der Waals surface area contributed by atoms with E-state index in [0.29, 0.717) is 0 Å². The van der Waals surface area contributed by atoms with E-state index in [1.165, 1.54) is 24.1 Å². The van der Waals surface area contributed by atoms with Gasteiger partial charge in [-0.15, -0.1) is 6.58 Å². The van der Waals surface area contributed by atoms with Crippen molar-refractivity contribution in [2.24, 2.45) is 0 Å². The van der Waals surface area contributed by atoms with E-state index in [4.69, 9.17) is 9.97 Å². The number of hydrogen-bond acceptors (Lipinski definition) is 5. The highest BCUT2D eigenvalue weighted by molar-refractivity contribution is 5.52. The highest BCUT2D eigenvalue weighted by Crippen LogP contribution is 2.25. The number of hydrogen-bond donors (Lipinski definition) is 2. The van der Waals surface area contributed by atoms with Gasteiger partial charge in [0.15, 0.2) is 0 Å². The molecule has 0 aromatic carbocycles. The van der Waals surface area contributed by atoms with Gasteiger partial charge < -0.3 is 15.5 Å². The smallest absolute Gasteiger partial charge is 0.227 e. The number of aromatic nitrogens is 2. The zero-order chi connectivity index (χ0) is 13.1. The third-order valence-corrected chi connectivity index (χ3v) is 3.72. The molecule has 5 nitrogen and oxygen atoms in total. The molecule has 0 bridgehead atoms. The third-order valence-electron chi connectivity index (χ3n) is 3.72. The molecule has 0 aliphatic carbocycles. The number of fused-ring (bicyclic) bond motifs is 1. The Balaban J connectivity index is 1.94. The largest absolute Gasteiger partial charge is 0.366 e. The summed E-state index contributed by atoms with van der Waals surface area (Å²) in [6, 6.07) is 0. The topological polar surface area (TPSA) is 53.1 Å². The predicted molar refractivity (Wildman–Crippen MR) is 77.6 cm³/mol. The molecule has 0 saturated carbocycles. The monoisotopic (exact) mass is 259 g/mol. The maximum atomic E-state index is 4.77. The molecule has 3 heterocycles. The Kier molecular flexibility index (Phi) is 3.64. The van der Waals surface area contributed by atoms with E-state index in [-0.39, 0.29) is 0 Å². The average Bonchev–Trinajstić information content (AvgIpc) is 2.98. The molecule has 102 valence electrons. The van der Waals surface area contributed by atoms with Gasteiger partial charge in [0, 0.05) is 44.7 Å². The zero-order valence-electron chi connectivity index (χ0n) is 11.3. The van der Waals surface area contributed by atoms with Crippen molar-refractivity contribution in [1.29, 1.82) is 0 Å². The van der Waals surface area contributed by atoms with Crippen LogP contribution in [0.5, 0.6) is 0 Å². The Bertz CT molecular complexity index is 465. The van der Waals surface area contributed by atoms with Crippen molar-refractivity contribution < 1.29 is 0 Å². The van der Waals surface area contributed by atoms with Gasteiger partial charge in [-0.2, -0.15) is 4.98 Å². The highest BCUT2D eigenvalue weighted by atomic mass is 15.3. The molecule has 3 rings (SSSR count). The fraction of sp³-hybridized carbons (Fsp3) is 0.571. The SMILES string of the molecule is C=CCNc1nc(N2CCCC2)nc2c1CNCC2. The molecule has 0 amide bonds. The minimum Gasteiger partial charge on any atom is -0.366 e. The lowest BCUT2D eigenvalue weighted by atomic mass is 10.1. The summed E-state index contributed by atoms with van der Waals surface area (Å²) in [5, 5.41) is 6.74. The Morgan fingerprint density at radius 1 is 1.32 bits per heavy atom. The van der Waals surface area contributed by atoms with Crippen molar-refractivity contribution in [3.8, 4) is 0 Å². The molecular formula is C14H21N5. The average molecular weight is 259 g/mol. The first-order chi connectivity index (χ1) is 9.38. The number of anilines is 2. The molecule has 0 spiro atoms. The minimum absolute atomic E-state index is 0.739. The van der Waals surface area contributed by atoms with E-state index in [0.717, 1.165) is 50.9 Å². The maximum absolute atomic E-state index is 4.77. The lowest BCUT2D eigenvalue weighted by molar-refractivity contribution is 0.626. The molecule has 0 unspecified atom stereocenters. The van der Waals surface area contributed by atoms with Crippen molar-refractivity contribution in [3.63, 3.8) is 0 Å². The van der Waals surface area contributed by atoms with Gasteiger partial charge in [0.25, 0.3) is 0 Å². The van der Waals surface area contributed by atoms with Gasteiger partial charge in [0.1, 0.15) is 5.82 Å². The van der Waals surface area contributed by atoms with E-state index in [1.807, 2.05) is 6.08 Å². The van der Waals surface area contributed by atoms with Gasteiger partial charge in [-0.1, -0.05) is 6.08 Å². The van der Waals surface area contributed by atoms with Crippen molar-refractivity contribution in [2.75, 3.05) is 36.4 Å². The summed E-state index contributed by atoms with van der Waals surface area (Å²) in [4.78, 5) is 11.8. The second-order valence-electron chi connectivity index (χ2n) is 5.09. The summed E-state index contributed by atoms with van der Waals surface area (Å²) in [5.41, 5.74) is 2.42. The fourth-order valence-corrected chi connectivity index (χ4v) is 2.70. The molecule has 0 radical (unpaired) electrons. The van der Waals surface area contributed by atoms with Gasteiger partial charge in [0.2, 0.25) is 5.95 Å². The first-order valence-corrected chi connectivity index (χ1v) is 7.08. The van der Waals surface area contributed by atoms with Gasteiger partial charge in [-0.05, 0) is 12.8 Å². The van der Waals surface area contributed by atoms with Crippen LogP contribution < -0.4 is 15.5 Å². The van der Waals surface area contributed by atoms with Crippen LogP contribution in [-0.2, 0) is 13.0 Å². The van der Waals surface area contributed by atoms with Crippen molar-refractivity contribution in [1.82, 2.24) is 15.3 Å². The first kappa shape index (κ1) is 12.4. The highest BCUT2D eigenvalue weighted by Gasteiger charge is 2.21. The van der Waals surface area contributed by atoms with Gasteiger partial charge >= 0.3 is 0 Å². The second kappa shape index (κ2) is 5.57. The number of nitrogens with zero attached hydrogens (tertiary/aromatic N) is 3. The van der Waals surface area contributed by atoms with Crippen LogP contribution >= 0.6 is 0 Å². The quantitative estimate of drug-likeness (QED) is 0.799. The Morgan fingerprint density at radius 3 is 2.95 bits per heavy atom. The van der Waals surface area contributed by atoms with Gasteiger partial charge in [0.05, 0.1) is 5.69 Å². The van der Waals surface area contributed by atoms with Crippen LogP contribution in [0.4, 0.5) is 11.8 Å². The molecule has 1 saturated heterocycles. The van der Waals surface area contributed by atoms with Crippen molar-refractivity contribution in [2.45, 2.75) is 25.8 Å². The van der Waals surface area contributed by atoms with Crippen molar-refractivity contribution in [3.05, 3.63) is 23.9 Å². The summed E-state index contributed by atoms with van der Waals surface area (Å²) in [7, 11) is 0. The molecule has 1 fully saturated rings. The molecule has 1 aromatic heterocycles. The number of rotatable bonds is 4. The molecule has 1 aromatic rings. The van der Waals surface area contributed by atoms with E-state index < -0.39 is 0 Å². The summed E-state index contributed by atoms with van der Waals surface area (Å²) in [6.07, 6.45) is 5.34. The van der Waals surface area contributed by atoms with Crippen LogP contribution in [0.1, 0.15) is 24.1 Å². The minimum atomic E-state index is 0.739. The van der Waals surface area contributed by atoms with Crippen LogP contribution in [0.15, 0.2) is 12.7 Å². The molecule has 2 aliphatic heterocycles. The molecule has 2 aliphatic rings. The summed E-state index contributed by atoms with van der Waals surface area (Å²) in [5.74, 6) is 1.86. The second-order valence-corrected chi connectivity index (χ2v) is 5.09. The number of nitrogens with one attached hydrogen (secondary N) is 2. The standard InChI is InChI=1S/C14H21N5/c1-2-6-16-13-11-10-15-7-5-12(11)17-14(18-13)19-8-3-4-9-19/h2,15H,1,3-10H2,(H,16,17,18). The third kappa shape index (κ3) is 2.56. The summed E-state index contributed by atoms with van der Waals surface area (Å²) in [6.45, 7) is 8.52. The molecule has 19 heavy (non-hydrogen) atoms. The predicted octanol–water partition coefficient (Wildman–Crippen LogP) is 1.32. The van der Waals surface area contributed by atoms with Gasteiger partial charge in [-0.3, -0.25) is 0 Å². The van der Waals surface area contributed by atoms with E-state index >= 15 is 0 Å². The summed E-state index contributed by atoms with van der Waals surface area (Å²) < 4.78 is 0. The van der Waals surface area contributed by atoms with E-state index in [2.05, 4.69) is 22.1 Å². The first-order valence-electron chi connectivity index (χ1n) is 7.08. The lowest BCUT2D eigenvalue weighted by Gasteiger charge is -2.23. The van der Waals surface area contributed by atoms with Crippen LogP contribution in [0, 0.1) is 0 Å². The normalized spacial score (nSPS) is 18.2. The summed E-state index contributed by atoms with van der Waals surface area (Å²) >= 11 is 0. The molecular weight excluding hydrogens is 238 g/mol. The maximum Gasteiger partial charge on any atom is 0.227 e. The molecule has 0 atom stereocenters. The van der Waals surface area contributed by atoms with Crippen LogP contribution in [-0.4, -0.2) is 36.1 Å². The molecule has 2 N–H and O–H groups in total. The molecule has 5 heteroatoms. The van der Waals surface area contributed by atoms with Crippen LogP contribution in [0.2, 0.25) is 0 Å². The van der Waals surface area contributed by atoms with E-state index in [1.54, 1.807) is 0 Å². The Hall–Kier alpha value is -1.62. The van der Waals surface area contributed by atoms with E-state index in [9.17, 15) is 0 Å².